The zero-order valence-electron chi connectivity index (χ0n) is 21.4. The first-order valence-corrected chi connectivity index (χ1v) is 21.3. The lowest BCUT2D eigenvalue weighted by atomic mass is 10.5. The largest absolute Gasteiger partial charge is 0.415 e. The van der Waals surface area contributed by atoms with E-state index in [1.54, 1.807) is 0 Å². The van der Waals surface area contributed by atoms with Gasteiger partial charge in [-0.1, -0.05) is 33.0 Å². The molecule has 0 saturated heterocycles. The van der Waals surface area contributed by atoms with Crippen molar-refractivity contribution in [3.8, 4) is 0 Å². The molecule has 7 heteroatoms. The van der Waals surface area contributed by atoms with Crippen molar-refractivity contribution in [1.29, 1.82) is 0 Å². The van der Waals surface area contributed by atoms with Crippen LogP contribution in [0.25, 0.3) is 0 Å². The Labute approximate surface area is 185 Å². The Morgan fingerprint density at radius 2 is 1.31 bits per heavy atom. The molecule has 2 atom stereocenters. The molecule has 0 aromatic rings. The second-order valence-electron chi connectivity index (χ2n) is 10.1. The molecule has 0 rings (SSSR count). The molecule has 0 radical (unpaired) electrons. The number of rotatable bonds is 18. The molecule has 0 amide bonds. The van der Waals surface area contributed by atoms with Gasteiger partial charge in [-0.05, 0) is 71.8 Å². The van der Waals surface area contributed by atoms with E-state index in [9.17, 15) is 0 Å². The Balaban J connectivity index is 4.72. The Morgan fingerprint density at radius 3 is 1.86 bits per heavy atom. The predicted octanol–water partition coefficient (Wildman–Crippen LogP) is 6.63. The van der Waals surface area contributed by atoms with Crippen LogP contribution in [0.3, 0.4) is 0 Å². The Morgan fingerprint density at radius 1 is 0.724 bits per heavy atom. The van der Waals surface area contributed by atoms with Crippen molar-refractivity contribution in [2.75, 3.05) is 26.4 Å². The first-order chi connectivity index (χ1) is 13.4. The van der Waals surface area contributed by atoms with Gasteiger partial charge in [0.1, 0.15) is 0 Å². The van der Waals surface area contributed by atoms with Gasteiger partial charge in [0.15, 0.2) is 8.32 Å². The summed E-state index contributed by atoms with van der Waals surface area (Å²) in [5.41, 5.74) is 0.632. The van der Waals surface area contributed by atoms with Crippen LogP contribution in [-0.2, 0) is 18.3 Å². The standard InChI is InChI=1S/C22H52O4Si3/c1-11-16-24-18-15-20-28(7,8)25-21(4)29(9,10)26-22(12-2)27(5,6)19-14-17-23-13-3/h21-22H,11-20H2,1-10H3/t21-,22?/m0/s1. The van der Waals surface area contributed by atoms with E-state index in [0.29, 0.717) is 5.73 Å². The second kappa shape index (κ2) is 14.5. The highest BCUT2D eigenvalue weighted by molar-refractivity contribution is 6.81. The zero-order valence-corrected chi connectivity index (χ0v) is 24.4. The third-order valence-corrected chi connectivity index (χ3v) is 15.8. The van der Waals surface area contributed by atoms with Gasteiger partial charge in [-0.3, -0.25) is 0 Å². The van der Waals surface area contributed by atoms with Gasteiger partial charge in [0.25, 0.3) is 0 Å². The van der Waals surface area contributed by atoms with Crippen LogP contribution in [0.5, 0.6) is 0 Å². The van der Waals surface area contributed by atoms with Gasteiger partial charge in [0, 0.05) is 32.2 Å². The summed E-state index contributed by atoms with van der Waals surface area (Å²) in [6, 6.07) is 2.42. The summed E-state index contributed by atoms with van der Waals surface area (Å²) in [7, 11) is -5.10. The fourth-order valence-corrected chi connectivity index (χ4v) is 13.6. The van der Waals surface area contributed by atoms with Crippen LogP contribution in [-0.4, -0.2) is 62.6 Å². The maximum absolute atomic E-state index is 6.91. The number of hydrogen-bond donors (Lipinski definition) is 0. The topological polar surface area (TPSA) is 36.9 Å². The Bertz CT molecular complexity index is 417. The minimum absolute atomic E-state index is 0.225. The predicted molar refractivity (Wildman–Crippen MR) is 135 cm³/mol. The van der Waals surface area contributed by atoms with E-state index in [2.05, 4.69) is 67.0 Å². The number of ether oxygens (including phenoxy) is 2. The molecular formula is C22H52O4Si3. The summed E-state index contributed by atoms with van der Waals surface area (Å²) in [6.07, 6.45) is 4.45. The Kier molecular flexibility index (Phi) is 14.8. The van der Waals surface area contributed by atoms with Crippen molar-refractivity contribution in [2.45, 2.75) is 116 Å². The maximum Gasteiger partial charge on any atom is 0.213 e. The maximum atomic E-state index is 6.91. The lowest BCUT2D eigenvalue weighted by molar-refractivity contribution is 0.133. The molecule has 0 heterocycles. The van der Waals surface area contributed by atoms with E-state index < -0.39 is 24.7 Å². The molecule has 176 valence electrons. The molecule has 0 aromatic carbocycles. The van der Waals surface area contributed by atoms with Crippen molar-refractivity contribution in [3.63, 3.8) is 0 Å². The highest BCUT2D eigenvalue weighted by Gasteiger charge is 2.41. The fourth-order valence-electron chi connectivity index (χ4n) is 3.72. The third kappa shape index (κ3) is 12.8. The molecule has 0 spiro atoms. The molecule has 0 aromatic heterocycles. The summed E-state index contributed by atoms with van der Waals surface area (Å²) in [4.78, 5) is 0. The van der Waals surface area contributed by atoms with E-state index in [-0.39, 0.29) is 5.73 Å². The van der Waals surface area contributed by atoms with E-state index in [4.69, 9.17) is 18.3 Å². The molecule has 0 aliphatic rings. The van der Waals surface area contributed by atoms with Gasteiger partial charge in [0.05, 0.1) is 13.8 Å². The van der Waals surface area contributed by atoms with E-state index in [1.807, 2.05) is 0 Å². The summed E-state index contributed by atoms with van der Waals surface area (Å²) in [5.74, 6) is 0. The average molecular weight is 465 g/mol. The van der Waals surface area contributed by atoms with Gasteiger partial charge in [-0.25, -0.2) is 0 Å². The fraction of sp³-hybridized carbons (Fsp3) is 1.00. The second-order valence-corrected chi connectivity index (χ2v) is 23.8. The Hall–Kier alpha value is 0.491. The van der Waals surface area contributed by atoms with Crippen molar-refractivity contribution in [2.24, 2.45) is 0 Å². The van der Waals surface area contributed by atoms with E-state index >= 15 is 0 Å². The monoisotopic (exact) mass is 464 g/mol. The van der Waals surface area contributed by atoms with Crippen LogP contribution in [0.15, 0.2) is 0 Å². The van der Waals surface area contributed by atoms with Crippen LogP contribution in [0.2, 0.25) is 51.4 Å². The summed E-state index contributed by atoms with van der Waals surface area (Å²) in [5, 5.41) is 0. The highest BCUT2D eigenvalue weighted by Crippen LogP contribution is 2.28. The van der Waals surface area contributed by atoms with Gasteiger partial charge < -0.3 is 18.3 Å². The van der Waals surface area contributed by atoms with E-state index in [1.165, 1.54) is 6.04 Å². The van der Waals surface area contributed by atoms with Gasteiger partial charge >= 0.3 is 0 Å². The minimum Gasteiger partial charge on any atom is -0.415 e. The quantitative estimate of drug-likeness (QED) is 0.168. The van der Waals surface area contributed by atoms with Crippen LogP contribution < -0.4 is 0 Å². The molecule has 29 heavy (non-hydrogen) atoms. The molecule has 0 aliphatic heterocycles. The molecule has 4 nitrogen and oxygen atoms in total. The number of hydrogen-bond acceptors (Lipinski definition) is 4. The average Bonchev–Trinajstić information content (AvgIpc) is 2.62. The van der Waals surface area contributed by atoms with Gasteiger partial charge in [0.2, 0.25) is 8.32 Å². The minimum atomic E-state index is -1.94. The van der Waals surface area contributed by atoms with Crippen molar-refractivity contribution in [1.82, 2.24) is 0 Å². The molecule has 0 aliphatic carbocycles. The van der Waals surface area contributed by atoms with Crippen LogP contribution >= 0.6 is 0 Å². The molecule has 0 N–H and O–H groups in total. The van der Waals surface area contributed by atoms with Crippen LogP contribution in [0.4, 0.5) is 0 Å². The molecule has 0 fully saturated rings. The first-order valence-electron chi connectivity index (χ1n) is 11.9. The zero-order chi connectivity index (χ0) is 22.6. The molecule has 1 unspecified atom stereocenters. The lowest BCUT2D eigenvalue weighted by Crippen LogP contribution is -2.56. The summed E-state index contributed by atoms with van der Waals surface area (Å²) >= 11 is 0. The summed E-state index contributed by atoms with van der Waals surface area (Å²) < 4.78 is 24.8. The van der Waals surface area contributed by atoms with Crippen molar-refractivity contribution >= 4 is 24.7 Å². The normalized spacial score (nSPS) is 15.5. The highest BCUT2D eigenvalue weighted by atomic mass is 28.4. The molecule has 0 saturated carbocycles. The molecule has 0 bridgehead atoms. The van der Waals surface area contributed by atoms with Crippen molar-refractivity contribution in [3.05, 3.63) is 0 Å². The van der Waals surface area contributed by atoms with E-state index in [0.717, 1.165) is 58.2 Å². The first kappa shape index (κ1) is 29.5. The molecular weight excluding hydrogens is 412 g/mol. The van der Waals surface area contributed by atoms with Crippen molar-refractivity contribution < 1.29 is 18.3 Å². The van der Waals surface area contributed by atoms with Gasteiger partial charge in [-0.15, -0.1) is 0 Å². The van der Waals surface area contributed by atoms with Crippen LogP contribution in [0, 0.1) is 0 Å². The SMILES string of the molecule is CCCOCCC[Si](C)(C)O[C@H](C)[Si](C)(C)OC(CC)[Si](C)(C)CCCOCC. The lowest BCUT2D eigenvalue weighted by Gasteiger charge is -2.42. The van der Waals surface area contributed by atoms with Gasteiger partial charge in [-0.2, -0.15) is 0 Å². The third-order valence-electron chi connectivity index (χ3n) is 5.89. The summed E-state index contributed by atoms with van der Waals surface area (Å²) in [6.45, 7) is 26.5. The van der Waals surface area contributed by atoms with Crippen LogP contribution in [0.1, 0.15) is 53.4 Å². The smallest absolute Gasteiger partial charge is 0.213 e.